The molecule has 0 aliphatic rings. The number of nitrogens with zero attached hydrogens (tertiary/aromatic N) is 2. The Bertz CT molecular complexity index is 1680. The van der Waals surface area contributed by atoms with Crippen molar-refractivity contribution in [1.29, 1.82) is 0 Å². The number of alkyl carbamates (subject to hydrolysis) is 2. The normalized spacial score (nSPS) is 13.1. The minimum Gasteiger partial charge on any atom is -0.444 e. The average Bonchev–Trinajstić information content (AvgIpc) is 3.56. The van der Waals surface area contributed by atoms with Crippen molar-refractivity contribution < 1.29 is 19.1 Å². The van der Waals surface area contributed by atoms with Crippen molar-refractivity contribution in [1.82, 2.24) is 30.6 Å². The predicted octanol–water partition coefficient (Wildman–Crippen LogP) is 7.16. The van der Waals surface area contributed by atoms with E-state index < -0.39 is 23.4 Å². The molecule has 44 heavy (non-hydrogen) atoms. The lowest BCUT2D eigenvalue weighted by atomic mass is 10.0. The second kappa shape index (κ2) is 12.8. The van der Waals surface area contributed by atoms with Crippen LogP contribution in [0.4, 0.5) is 9.59 Å². The molecule has 2 aromatic carbocycles. The molecule has 0 saturated carbocycles. The molecule has 0 fully saturated rings. The van der Waals surface area contributed by atoms with Crippen LogP contribution in [-0.2, 0) is 9.47 Å². The molecule has 0 bridgehead atoms. The Kier molecular flexibility index (Phi) is 9.38. The monoisotopic (exact) mass is 598 g/mol. The number of aromatic amines is 2. The van der Waals surface area contributed by atoms with Gasteiger partial charge in [-0.25, -0.2) is 19.6 Å². The van der Waals surface area contributed by atoms with Gasteiger partial charge in [-0.1, -0.05) is 37.8 Å². The van der Waals surface area contributed by atoms with E-state index in [1.54, 1.807) is 6.20 Å². The molecule has 0 aliphatic heterocycles. The van der Waals surface area contributed by atoms with Crippen LogP contribution in [0.2, 0.25) is 0 Å². The van der Waals surface area contributed by atoms with E-state index in [0.717, 1.165) is 33.4 Å². The molecule has 4 N–H and O–H groups in total. The van der Waals surface area contributed by atoms with Gasteiger partial charge in [0.25, 0.3) is 0 Å². The fourth-order valence-electron chi connectivity index (χ4n) is 4.37. The lowest BCUT2D eigenvalue weighted by Gasteiger charge is -2.24. The van der Waals surface area contributed by atoms with Crippen LogP contribution in [0.5, 0.6) is 0 Å². The van der Waals surface area contributed by atoms with Crippen molar-refractivity contribution in [3.63, 3.8) is 0 Å². The molecule has 2 aromatic heterocycles. The standard InChI is InChI=1S/C34H42N6O4/c1-20(2)28(40-32(42)44-34(7,8)9)30-37-25-17-14-23(18-26(25)38-30)11-10-22-12-15-24(16-13-22)27-19-35-29(39-27)21(3)36-31(41)43-33(4,5)6/h12-21,28H,1-9H3,(H,35,39)(H,36,41)(H,37,38)(H,40,42)/t21-,28-/m0/s1. The maximum atomic E-state index is 12.4. The van der Waals surface area contributed by atoms with Gasteiger partial charge in [0.05, 0.1) is 35.0 Å². The highest BCUT2D eigenvalue weighted by Crippen LogP contribution is 2.24. The molecular weight excluding hydrogens is 556 g/mol. The van der Waals surface area contributed by atoms with E-state index in [-0.39, 0.29) is 18.0 Å². The molecule has 10 nitrogen and oxygen atoms in total. The Morgan fingerprint density at radius 1 is 0.795 bits per heavy atom. The Morgan fingerprint density at radius 3 is 2.00 bits per heavy atom. The number of amides is 2. The zero-order valence-electron chi connectivity index (χ0n) is 26.9. The lowest BCUT2D eigenvalue weighted by Crippen LogP contribution is -2.37. The maximum absolute atomic E-state index is 12.4. The van der Waals surface area contributed by atoms with Gasteiger partial charge in [-0.2, -0.15) is 0 Å². The molecule has 10 heteroatoms. The van der Waals surface area contributed by atoms with Gasteiger partial charge in [0.2, 0.25) is 0 Å². The quantitative estimate of drug-likeness (QED) is 0.174. The minimum atomic E-state index is -0.586. The Labute approximate surface area is 258 Å². The Morgan fingerprint density at radius 2 is 1.39 bits per heavy atom. The third-order valence-electron chi connectivity index (χ3n) is 6.42. The van der Waals surface area contributed by atoms with Gasteiger partial charge in [0, 0.05) is 11.1 Å². The van der Waals surface area contributed by atoms with Crippen LogP contribution >= 0.6 is 0 Å². The minimum absolute atomic E-state index is 0.0935. The number of carbonyl (C=O) groups excluding carboxylic acids is 2. The van der Waals surface area contributed by atoms with Gasteiger partial charge in [-0.15, -0.1) is 0 Å². The van der Waals surface area contributed by atoms with Gasteiger partial charge in [0.1, 0.15) is 22.9 Å². The molecule has 2 heterocycles. The molecule has 0 saturated heterocycles. The summed E-state index contributed by atoms with van der Waals surface area (Å²) in [5.74, 6) is 7.83. The van der Waals surface area contributed by atoms with E-state index in [2.05, 4.69) is 37.4 Å². The summed E-state index contributed by atoms with van der Waals surface area (Å²) in [7, 11) is 0. The Balaban J connectivity index is 1.43. The third kappa shape index (κ3) is 8.86. The zero-order chi connectivity index (χ0) is 32.2. The summed E-state index contributed by atoms with van der Waals surface area (Å²) in [6.45, 7) is 16.8. The summed E-state index contributed by atoms with van der Waals surface area (Å²) in [5.41, 5.74) is 3.95. The van der Waals surface area contributed by atoms with Gasteiger partial charge >= 0.3 is 12.2 Å². The number of imidazole rings is 2. The van der Waals surface area contributed by atoms with Gasteiger partial charge in [-0.3, -0.25) is 0 Å². The van der Waals surface area contributed by atoms with Crippen molar-refractivity contribution in [2.24, 2.45) is 5.92 Å². The molecule has 232 valence electrons. The number of fused-ring (bicyclic) bond motifs is 1. The molecule has 0 spiro atoms. The SMILES string of the molecule is CC(C)[C@H](NC(=O)OC(C)(C)C)c1nc2ccc(C#Cc3ccc(-c4cnc([C@H](C)NC(=O)OC(C)(C)C)[nH]4)cc3)cc2[nH]1. The van der Waals surface area contributed by atoms with E-state index in [4.69, 9.17) is 14.5 Å². The number of benzene rings is 2. The largest absolute Gasteiger partial charge is 0.444 e. The number of rotatable bonds is 6. The fraction of sp³-hybridized carbons (Fsp3) is 0.412. The molecule has 0 unspecified atom stereocenters. The number of H-pyrrole nitrogens is 2. The number of hydrogen-bond acceptors (Lipinski definition) is 6. The molecule has 4 rings (SSSR count). The molecule has 2 amide bonds. The summed E-state index contributed by atoms with van der Waals surface area (Å²) in [4.78, 5) is 40.3. The van der Waals surface area contributed by atoms with E-state index in [1.165, 1.54) is 0 Å². The smallest absolute Gasteiger partial charge is 0.408 e. The zero-order valence-corrected chi connectivity index (χ0v) is 26.9. The summed E-state index contributed by atoms with van der Waals surface area (Å²) >= 11 is 0. The first-order valence-corrected chi connectivity index (χ1v) is 14.7. The highest BCUT2D eigenvalue weighted by atomic mass is 16.6. The first kappa shape index (κ1) is 32.1. The van der Waals surface area contributed by atoms with E-state index >= 15 is 0 Å². The average molecular weight is 599 g/mol. The van der Waals surface area contributed by atoms with Crippen LogP contribution in [0, 0.1) is 17.8 Å². The van der Waals surface area contributed by atoms with E-state index in [0.29, 0.717) is 11.6 Å². The summed E-state index contributed by atoms with van der Waals surface area (Å²) in [6, 6.07) is 13.0. The van der Waals surface area contributed by atoms with Crippen molar-refractivity contribution >= 4 is 23.2 Å². The Hall–Kier alpha value is -4.78. The summed E-state index contributed by atoms with van der Waals surface area (Å²) in [5, 5.41) is 5.73. The molecule has 0 radical (unpaired) electrons. The van der Waals surface area contributed by atoms with Crippen LogP contribution in [0.1, 0.15) is 97.2 Å². The lowest BCUT2D eigenvalue weighted by molar-refractivity contribution is 0.0481. The maximum Gasteiger partial charge on any atom is 0.408 e. The van der Waals surface area contributed by atoms with Crippen LogP contribution in [0.15, 0.2) is 48.7 Å². The summed E-state index contributed by atoms with van der Waals surface area (Å²) < 4.78 is 10.8. The summed E-state index contributed by atoms with van der Waals surface area (Å²) in [6.07, 6.45) is 0.768. The second-order valence-electron chi connectivity index (χ2n) is 13.1. The third-order valence-corrected chi connectivity index (χ3v) is 6.42. The van der Waals surface area contributed by atoms with Crippen molar-refractivity contribution in [2.75, 3.05) is 0 Å². The van der Waals surface area contributed by atoms with Crippen LogP contribution in [0.25, 0.3) is 22.3 Å². The number of ether oxygens (including phenoxy) is 2. The highest BCUT2D eigenvalue weighted by molar-refractivity contribution is 5.77. The van der Waals surface area contributed by atoms with Crippen molar-refractivity contribution in [3.8, 4) is 23.1 Å². The first-order chi connectivity index (χ1) is 20.6. The molecule has 4 aromatic rings. The topological polar surface area (TPSA) is 134 Å². The molecule has 2 atom stereocenters. The number of nitrogens with one attached hydrogen (secondary N) is 4. The van der Waals surface area contributed by atoms with Gasteiger partial charge in [-0.05, 0) is 90.3 Å². The molecular formula is C34H42N6O4. The molecule has 0 aliphatic carbocycles. The van der Waals surface area contributed by atoms with Crippen LogP contribution in [-0.4, -0.2) is 43.3 Å². The van der Waals surface area contributed by atoms with Gasteiger partial charge < -0.3 is 30.1 Å². The predicted molar refractivity (Wildman–Crippen MR) is 171 cm³/mol. The highest BCUT2D eigenvalue weighted by Gasteiger charge is 2.25. The van der Waals surface area contributed by atoms with Crippen molar-refractivity contribution in [3.05, 3.63) is 71.4 Å². The fourth-order valence-corrected chi connectivity index (χ4v) is 4.37. The van der Waals surface area contributed by atoms with Crippen LogP contribution in [0.3, 0.4) is 0 Å². The van der Waals surface area contributed by atoms with Gasteiger partial charge in [0.15, 0.2) is 0 Å². The van der Waals surface area contributed by atoms with E-state index in [1.807, 2.05) is 105 Å². The van der Waals surface area contributed by atoms with Crippen LogP contribution < -0.4 is 10.6 Å². The second-order valence-corrected chi connectivity index (χ2v) is 13.1. The number of carbonyl (C=O) groups is 2. The number of aromatic nitrogens is 4. The number of hydrogen-bond donors (Lipinski definition) is 4. The van der Waals surface area contributed by atoms with Crippen molar-refractivity contribution in [2.45, 2.75) is 85.6 Å². The first-order valence-electron chi connectivity index (χ1n) is 14.7. The van der Waals surface area contributed by atoms with E-state index in [9.17, 15) is 9.59 Å².